The molecule has 2 N–H and O–H groups in total. The van der Waals surface area contributed by atoms with Crippen molar-refractivity contribution in [3.63, 3.8) is 0 Å². The maximum Gasteiger partial charge on any atom is 0.338 e. The zero-order chi connectivity index (χ0) is 24.8. The molecule has 4 aromatic rings. The number of ether oxygens (including phenoxy) is 1. The number of nitrogens with zero attached hydrogens (tertiary/aromatic N) is 1. The summed E-state index contributed by atoms with van der Waals surface area (Å²) in [4.78, 5) is 41.1. The highest BCUT2D eigenvalue weighted by Gasteiger charge is 2.12. The number of hydrogen-bond acceptors (Lipinski definition) is 7. The van der Waals surface area contributed by atoms with E-state index in [4.69, 9.17) is 16.3 Å². The van der Waals surface area contributed by atoms with Gasteiger partial charge in [0.15, 0.2) is 4.34 Å². The van der Waals surface area contributed by atoms with Gasteiger partial charge in [0.05, 0.1) is 28.1 Å². The third-order valence-electron chi connectivity index (χ3n) is 4.74. The van der Waals surface area contributed by atoms with Crippen LogP contribution in [-0.4, -0.2) is 35.1 Å². The summed E-state index contributed by atoms with van der Waals surface area (Å²) in [5.74, 6) is -0.634. The lowest BCUT2D eigenvalue weighted by Gasteiger charge is -2.06. The van der Waals surface area contributed by atoms with Gasteiger partial charge in [-0.25, -0.2) is 9.78 Å². The first-order valence-corrected chi connectivity index (χ1v) is 12.8. The third kappa shape index (κ3) is 6.60. The Morgan fingerprint density at radius 2 is 1.63 bits per heavy atom. The predicted octanol–water partition coefficient (Wildman–Crippen LogP) is 6.11. The van der Waals surface area contributed by atoms with Gasteiger partial charge in [-0.2, -0.15) is 0 Å². The van der Waals surface area contributed by atoms with Gasteiger partial charge in [-0.05, 0) is 73.7 Å². The number of esters is 1. The minimum absolute atomic E-state index is 0.180. The Bertz CT molecular complexity index is 1370. The predicted molar refractivity (Wildman–Crippen MR) is 141 cm³/mol. The summed E-state index contributed by atoms with van der Waals surface area (Å²) in [6.45, 7) is 2.05. The molecule has 0 spiro atoms. The lowest BCUT2D eigenvalue weighted by molar-refractivity contribution is -0.113. The normalized spacial score (nSPS) is 10.7. The summed E-state index contributed by atoms with van der Waals surface area (Å²) in [6, 6.07) is 18.7. The summed E-state index contributed by atoms with van der Waals surface area (Å²) in [6.07, 6.45) is 0. The Morgan fingerprint density at radius 3 is 2.34 bits per heavy atom. The molecule has 0 saturated carbocycles. The van der Waals surface area contributed by atoms with Gasteiger partial charge in [-0.1, -0.05) is 23.4 Å². The van der Waals surface area contributed by atoms with Crippen molar-refractivity contribution in [1.82, 2.24) is 4.98 Å². The van der Waals surface area contributed by atoms with Crippen LogP contribution in [0.15, 0.2) is 71.1 Å². The summed E-state index contributed by atoms with van der Waals surface area (Å²) in [7, 11) is 0. The molecule has 2 amide bonds. The average molecular weight is 526 g/mol. The van der Waals surface area contributed by atoms with Crippen LogP contribution in [0.5, 0.6) is 0 Å². The monoisotopic (exact) mass is 525 g/mol. The highest BCUT2D eigenvalue weighted by molar-refractivity contribution is 8.01. The smallest absolute Gasteiger partial charge is 0.338 e. The average Bonchev–Trinajstić information content (AvgIpc) is 3.26. The van der Waals surface area contributed by atoms with E-state index in [1.54, 1.807) is 61.5 Å². The lowest BCUT2D eigenvalue weighted by Crippen LogP contribution is -2.14. The van der Waals surface area contributed by atoms with Crippen molar-refractivity contribution in [3.8, 4) is 0 Å². The van der Waals surface area contributed by atoms with E-state index in [0.29, 0.717) is 34.1 Å². The molecule has 0 aliphatic carbocycles. The van der Waals surface area contributed by atoms with E-state index in [2.05, 4.69) is 15.6 Å². The summed E-state index contributed by atoms with van der Waals surface area (Å²) < 4.78 is 6.60. The molecule has 0 radical (unpaired) electrons. The molecule has 1 aromatic heterocycles. The van der Waals surface area contributed by atoms with E-state index in [9.17, 15) is 14.4 Å². The van der Waals surface area contributed by atoms with E-state index < -0.39 is 5.97 Å². The first-order chi connectivity index (χ1) is 16.9. The van der Waals surface area contributed by atoms with Crippen molar-refractivity contribution in [2.75, 3.05) is 23.0 Å². The number of carbonyl (C=O) groups excluding carboxylic acids is 3. The maximum absolute atomic E-state index is 12.4. The number of carbonyl (C=O) groups is 3. The molecule has 0 aliphatic rings. The number of thioether (sulfide) groups is 1. The second kappa shape index (κ2) is 11.4. The van der Waals surface area contributed by atoms with Gasteiger partial charge < -0.3 is 15.4 Å². The largest absolute Gasteiger partial charge is 0.462 e. The van der Waals surface area contributed by atoms with Gasteiger partial charge >= 0.3 is 5.97 Å². The zero-order valence-electron chi connectivity index (χ0n) is 18.5. The van der Waals surface area contributed by atoms with Crippen LogP contribution >= 0.6 is 34.7 Å². The minimum atomic E-state index is -0.399. The van der Waals surface area contributed by atoms with Gasteiger partial charge in [-0.15, -0.1) is 11.3 Å². The van der Waals surface area contributed by atoms with Crippen molar-refractivity contribution < 1.29 is 19.1 Å². The van der Waals surface area contributed by atoms with E-state index in [-0.39, 0.29) is 17.6 Å². The summed E-state index contributed by atoms with van der Waals surface area (Å²) in [5.41, 5.74) is 2.97. The molecule has 4 rings (SSSR count). The fourth-order valence-electron chi connectivity index (χ4n) is 3.08. The zero-order valence-corrected chi connectivity index (χ0v) is 20.9. The Kier molecular flexibility index (Phi) is 8.02. The molecule has 0 unspecified atom stereocenters. The third-order valence-corrected chi connectivity index (χ3v) is 7.15. The van der Waals surface area contributed by atoms with Gasteiger partial charge in [0.25, 0.3) is 5.91 Å². The molecule has 1 heterocycles. The molecule has 0 saturated heterocycles. The Hall–Kier alpha value is -3.40. The molecule has 0 atom stereocenters. The number of thiazole rings is 1. The lowest BCUT2D eigenvalue weighted by atomic mass is 10.2. The van der Waals surface area contributed by atoms with Gasteiger partial charge in [0, 0.05) is 22.0 Å². The Labute approximate surface area is 214 Å². The van der Waals surface area contributed by atoms with E-state index in [1.807, 2.05) is 12.1 Å². The van der Waals surface area contributed by atoms with Crippen LogP contribution in [0.4, 0.5) is 11.4 Å². The van der Waals surface area contributed by atoms with Crippen molar-refractivity contribution in [3.05, 3.63) is 82.9 Å². The number of anilines is 2. The van der Waals surface area contributed by atoms with E-state index in [1.165, 1.54) is 23.1 Å². The van der Waals surface area contributed by atoms with Gasteiger partial charge in [0.1, 0.15) is 0 Å². The molecule has 10 heteroatoms. The topological polar surface area (TPSA) is 97.4 Å². The van der Waals surface area contributed by atoms with Crippen molar-refractivity contribution in [2.24, 2.45) is 0 Å². The van der Waals surface area contributed by atoms with Crippen LogP contribution in [0.3, 0.4) is 0 Å². The van der Waals surface area contributed by atoms with Crippen LogP contribution in [0.2, 0.25) is 5.02 Å². The molecular weight excluding hydrogens is 506 g/mol. The van der Waals surface area contributed by atoms with Gasteiger partial charge in [-0.3, -0.25) is 9.59 Å². The first-order valence-electron chi connectivity index (χ1n) is 10.6. The fraction of sp³-hybridized carbons (Fsp3) is 0.120. The number of hydrogen-bond donors (Lipinski definition) is 2. The SMILES string of the molecule is CCOC(=O)c1ccc(NC(=O)CSc2nc3ccc(NC(=O)c4ccc(Cl)cc4)cc3s2)cc1. The second-order valence-corrected chi connectivity index (χ2v) is 9.95. The summed E-state index contributed by atoms with van der Waals surface area (Å²) >= 11 is 8.65. The van der Waals surface area contributed by atoms with E-state index >= 15 is 0 Å². The quantitative estimate of drug-likeness (QED) is 0.213. The van der Waals surface area contributed by atoms with Crippen molar-refractivity contribution >= 4 is 74.1 Å². The molecule has 3 aromatic carbocycles. The number of benzene rings is 3. The fourth-order valence-corrected chi connectivity index (χ4v) is 5.11. The number of aromatic nitrogens is 1. The molecular formula is C25H20ClN3O4S2. The van der Waals surface area contributed by atoms with Crippen molar-refractivity contribution in [1.29, 1.82) is 0 Å². The minimum Gasteiger partial charge on any atom is -0.462 e. The first kappa shape index (κ1) is 24.7. The number of nitrogens with one attached hydrogen (secondary N) is 2. The highest BCUT2D eigenvalue weighted by atomic mass is 35.5. The number of halogens is 1. The second-order valence-electron chi connectivity index (χ2n) is 7.26. The Morgan fingerprint density at radius 1 is 0.943 bits per heavy atom. The van der Waals surface area contributed by atoms with Gasteiger partial charge in [0.2, 0.25) is 5.91 Å². The molecule has 0 bridgehead atoms. The number of rotatable bonds is 8. The molecule has 0 aliphatic heterocycles. The molecule has 35 heavy (non-hydrogen) atoms. The van der Waals surface area contributed by atoms with Crippen LogP contribution in [-0.2, 0) is 9.53 Å². The standard InChI is InChI=1S/C25H20ClN3O4S2/c1-2-33-24(32)16-5-9-18(10-6-16)27-22(30)14-34-25-29-20-12-11-19(13-21(20)35-25)28-23(31)15-3-7-17(26)8-4-15/h3-13H,2,14H2,1H3,(H,27,30)(H,28,31). The van der Waals surface area contributed by atoms with Crippen LogP contribution < -0.4 is 10.6 Å². The van der Waals surface area contributed by atoms with Crippen LogP contribution in [0.1, 0.15) is 27.6 Å². The summed E-state index contributed by atoms with van der Waals surface area (Å²) in [5, 5.41) is 6.24. The Balaban J connectivity index is 1.33. The molecule has 178 valence electrons. The molecule has 0 fully saturated rings. The molecule has 7 nitrogen and oxygen atoms in total. The maximum atomic E-state index is 12.4. The number of amides is 2. The van der Waals surface area contributed by atoms with Crippen LogP contribution in [0.25, 0.3) is 10.2 Å². The highest BCUT2D eigenvalue weighted by Crippen LogP contribution is 2.31. The van der Waals surface area contributed by atoms with E-state index in [0.717, 1.165) is 14.6 Å². The number of fused-ring (bicyclic) bond motifs is 1. The van der Waals surface area contributed by atoms with Crippen molar-refractivity contribution in [2.45, 2.75) is 11.3 Å². The van der Waals surface area contributed by atoms with Crippen LogP contribution in [0, 0.1) is 0 Å².